The fourth-order valence-corrected chi connectivity index (χ4v) is 3.80. The summed E-state index contributed by atoms with van der Waals surface area (Å²) in [5.41, 5.74) is 6.99. The van der Waals surface area contributed by atoms with Crippen molar-refractivity contribution in [1.29, 1.82) is 0 Å². The van der Waals surface area contributed by atoms with Crippen LogP contribution in [-0.2, 0) is 17.5 Å². The van der Waals surface area contributed by atoms with Gasteiger partial charge in [0.05, 0.1) is 16.9 Å². The minimum Gasteiger partial charge on any atom is -0.352 e. The normalized spacial score (nSPS) is 20.2. The van der Waals surface area contributed by atoms with E-state index >= 15 is 0 Å². The Bertz CT molecular complexity index is 860. The summed E-state index contributed by atoms with van der Waals surface area (Å²) >= 11 is 0. The lowest BCUT2D eigenvalue weighted by molar-refractivity contribution is -0.138. The van der Waals surface area contributed by atoms with Crippen molar-refractivity contribution in [2.75, 3.05) is 0 Å². The maximum absolute atomic E-state index is 13.6. The van der Waals surface area contributed by atoms with Gasteiger partial charge in [0.1, 0.15) is 0 Å². The molecule has 1 fully saturated rings. The molecule has 1 heterocycles. The third-order valence-corrected chi connectivity index (χ3v) is 5.19. The zero-order chi connectivity index (χ0) is 20.5. The SMILES string of the molecule is Cc1cc(C)n(-c2ccc(CNC(=O)C3CCCC(N)C3)c(C(F)(F)F)c2)n1. The maximum Gasteiger partial charge on any atom is 0.416 e. The summed E-state index contributed by atoms with van der Waals surface area (Å²) in [5.74, 6) is -0.460. The Morgan fingerprint density at radius 3 is 2.64 bits per heavy atom. The second kappa shape index (κ2) is 7.95. The molecule has 1 aromatic carbocycles. The molecule has 1 aromatic heterocycles. The van der Waals surface area contributed by atoms with Gasteiger partial charge in [0.25, 0.3) is 0 Å². The maximum atomic E-state index is 13.6. The van der Waals surface area contributed by atoms with Gasteiger partial charge >= 0.3 is 6.18 Å². The van der Waals surface area contributed by atoms with Crippen LogP contribution < -0.4 is 11.1 Å². The second-order valence-corrected chi connectivity index (χ2v) is 7.52. The number of carbonyl (C=O) groups excluding carboxylic acids is 1. The van der Waals surface area contributed by atoms with E-state index in [-0.39, 0.29) is 30.0 Å². The van der Waals surface area contributed by atoms with Crippen LogP contribution in [0.4, 0.5) is 13.2 Å². The van der Waals surface area contributed by atoms with Crippen molar-refractivity contribution in [3.63, 3.8) is 0 Å². The van der Waals surface area contributed by atoms with Crippen LogP contribution in [-0.4, -0.2) is 21.7 Å². The predicted octanol–water partition coefficient (Wildman–Crippen LogP) is 3.64. The molecule has 2 atom stereocenters. The van der Waals surface area contributed by atoms with E-state index in [1.807, 2.05) is 0 Å². The van der Waals surface area contributed by atoms with Gasteiger partial charge in [-0.15, -0.1) is 0 Å². The van der Waals surface area contributed by atoms with E-state index in [1.165, 1.54) is 10.7 Å². The number of nitrogens with one attached hydrogen (secondary N) is 1. The lowest BCUT2D eigenvalue weighted by Crippen LogP contribution is -2.37. The molecule has 0 aliphatic heterocycles. The number of aryl methyl sites for hydroxylation is 2. The van der Waals surface area contributed by atoms with Crippen LogP contribution in [0.5, 0.6) is 0 Å². The molecule has 3 rings (SSSR count). The lowest BCUT2D eigenvalue weighted by Gasteiger charge is -2.26. The van der Waals surface area contributed by atoms with Crippen LogP contribution >= 0.6 is 0 Å². The number of hydrogen-bond acceptors (Lipinski definition) is 3. The molecule has 0 bridgehead atoms. The zero-order valence-electron chi connectivity index (χ0n) is 16.0. The Morgan fingerprint density at radius 2 is 2.04 bits per heavy atom. The minimum absolute atomic E-state index is 0.0183. The van der Waals surface area contributed by atoms with Crippen LogP contribution in [0, 0.1) is 19.8 Å². The summed E-state index contributed by atoms with van der Waals surface area (Å²) in [6, 6.07) is 5.86. The molecule has 152 valence electrons. The lowest BCUT2D eigenvalue weighted by atomic mass is 9.85. The fraction of sp³-hybridized carbons (Fsp3) is 0.500. The molecule has 8 heteroatoms. The molecule has 28 heavy (non-hydrogen) atoms. The summed E-state index contributed by atoms with van der Waals surface area (Å²) < 4.78 is 42.3. The van der Waals surface area contributed by atoms with Crippen LogP contribution in [0.25, 0.3) is 5.69 Å². The highest BCUT2D eigenvalue weighted by Crippen LogP contribution is 2.34. The van der Waals surface area contributed by atoms with Gasteiger partial charge in [-0.05, 0) is 56.9 Å². The highest BCUT2D eigenvalue weighted by Gasteiger charge is 2.34. The first-order valence-corrected chi connectivity index (χ1v) is 9.42. The molecule has 5 nitrogen and oxygen atoms in total. The van der Waals surface area contributed by atoms with Gasteiger partial charge in [0.15, 0.2) is 0 Å². The largest absolute Gasteiger partial charge is 0.416 e. The number of nitrogens with two attached hydrogens (primary N) is 1. The summed E-state index contributed by atoms with van der Waals surface area (Å²) in [6.07, 6.45) is -1.48. The van der Waals surface area contributed by atoms with Crippen molar-refractivity contribution >= 4 is 5.91 Å². The Hall–Kier alpha value is -2.35. The van der Waals surface area contributed by atoms with E-state index in [9.17, 15) is 18.0 Å². The van der Waals surface area contributed by atoms with Crippen molar-refractivity contribution in [1.82, 2.24) is 15.1 Å². The van der Waals surface area contributed by atoms with Crippen molar-refractivity contribution in [2.24, 2.45) is 11.7 Å². The zero-order valence-corrected chi connectivity index (χ0v) is 16.0. The number of halogens is 3. The number of nitrogens with zero attached hydrogens (tertiary/aromatic N) is 2. The molecular formula is C20H25F3N4O. The molecule has 3 N–H and O–H groups in total. The second-order valence-electron chi connectivity index (χ2n) is 7.52. The Balaban J connectivity index is 1.80. The predicted molar refractivity (Wildman–Crippen MR) is 99.8 cm³/mol. The van der Waals surface area contributed by atoms with Crippen molar-refractivity contribution in [2.45, 2.75) is 58.3 Å². The van der Waals surface area contributed by atoms with Crippen molar-refractivity contribution < 1.29 is 18.0 Å². The molecule has 2 unspecified atom stereocenters. The summed E-state index contributed by atoms with van der Waals surface area (Å²) in [5, 5.41) is 6.90. The average molecular weight is 394 g/mol. The number of benzene rings is 1. The van der Waals surface area contributed by atoms with Gasteiger partial charge < -0.3 is 11.1 Å². The molecular weight excluding hydrogens is 369 g/mol. The minimum atomic E-state index is -4.53. The Morgan fingerprint density at radius 1 is 1.29 bits per heavy atom. The molecule has 1 saturated carbocycles. The summed E-state index contributed by atoms with van der Waals surface area (Å²) in [6.45, 7) is 3.41. The first-order chi connectivity index (χ1) is 13.1. The van der Waals surface area contributed by atoms with E-state index in [1.54, 1.807) is 26.0 Å². The first kappa shape index (κ1) is 20.4. The van der Waals surface area contributed by atoms with E-state index in [0.29, 0.717) is 12.1 Å². The third kappa shape index (κ3) is 4.55. The highest BCUT2D eigenvalue weighted by molar-refractivity contribution is 5.78. The number of hydrogen-bond donors (Lipinski definition) is 2. The smallest absolute Gasteiger partial charge is 0.352 e. The Labute approximate surface area is 162 Å². The highest BCUT2D eigenvalue weighted by atomic mass is 19.4. The molecule has 0 radical (unpaired) electrons. The van der Waals surface area contributed by atoms with Crippen molar-refractivity contribution in [3.05, 3.63) is 46.8 Å². The quantitative estimate of drug-likeness (QED) is 0.832. The van der Waals surface area contributed by atoms with Gasteiger partial charge in [-0.1, -0.05) is 12.5 Å². The molecule has 0 spiro atoms. The summed E-state index contributed by atoms with van der Waals surface area (Å²) in [7, 11) is 0. The topological polar surface area (TPSA) is 72.9 Å². The van der Waals surface area contributed by atoms with E-state index in [0.717, 1.165) is 36.7 Å². The van der Waals surface area contributed by atoms with Gasteiger partial charge in [0.2, 0.25) is 5.91 Å². The van der Waals surface area contributed by atoms with Crippen molar-refractivity contribution in [3.8, 4) is 5.69 Å². The number of alkyl halides is 3. The van der Waals surface area contributed by atoms with E-state index in [2.05, 4.69) is 10.4 Å². The van der Waals surface area contributed by atoms with Gasteiger partial charge in [-0.25, -0.2) is 4.68 Å². The fourth-order valence-electron chi connectivity index (χ4n) is 3.80. The molecule has 1 aliphatic rings. The number of amides is 1. The molecule has 1 aliphatic carbocycles. The van der Waals surface area contributed by atoms with Gasteiger partial charge in [-0.3, -0.25) is 4.79 Å². The molecule has 0 saturated heterocycles. The van der Waals surface area contributed by atoms with Crippen LogP contribution in [0.2, 0.25) is 0 Å². The van der Waals surface area contributed by atoms with Gasteiger partial charge in [-0.2, -0.15) is 18.3 Å². The number of carbonyl (C=O) groups is 1. The average Bonchev–Trinajstić information content (AvgIpc) is 2.97. The van der Waals surface area contributed by atoms with Crippen LogP contribution in [0.1, 0.15) is 48.2 Å². The monoisotopic (exact) mass is 394 g/mol. The molecule has 1 amide bonds. The number of rotatable bonds is 4. The van der Waals surface area contributed by atoms with Crippen LogP contribution in [0.3, 0.4) is 0 Å². The standard InChI is InChI=1S/C20H25F3N4O/c1-12-8-13(2)27(26-12)17-7-6-15(18(10-17)20(21,22)23)11-25-19(28)14-4-3-5-16(24)9-14/h6-8,10,14,16H,3-5,9,11,24H2,1-2H3,(H,25,28). The van der Waals surface area contributed by atoms with Gasteiger partial charge in [0, 0.05) is 24.2 Å². The molecule has 2 aromatic rings. The van der Waals surface area contributed by atoms with E-state index in [4.69, 9.17) is 5.73 Å². The first-order valence-electron chi connectivity index (χ1n) is 9.42. The van der Waals surface area contributed by atoms with E-state index < -0.39 is 11.7 Å². The number of aromatic nitrogens is 2. The Kier molecular flexibility index (Phi) is 5.79. The third-order valence-electron chi connectivity index (χ3n) is 5.19. The van der Waals surface area contributed by atoms with Crippen LogP contribution in [0.15, 0.2) is 24.3 Å². The summed E-state index contributed by atoms with van der Waals surface area (Å²) in [4.78, 5) is 12.4.